The molecule has 1 N–H and O–H groups in total. The van der Waals surface area contributed by atoms with Gasteiger partial charge in [-0.15, -0.1) is 5.10 Å². The molecule has 1 saturated heterocycles. The Morgan fingerprint density at radius 2 is 2.00 bits per heavy atom. The van der Waals surface area contributed by atoms with Crippen molar-refractivity contribution in [2.75, 3.05) is 20.2 Å². The van der Waals surface area contributed by atoms with Gasteiger partial charge in [0.15, 0.2) is 5.82 Å². The molecule has 1 aliphatic rings. The third-order valence-electron chi connectivity index (χ3n) is 6.67. The van der Waals surface area contributed by atoms with E-state index in [1.165, 1.54) is 6.42 Å². The molecule has 0 radical (unpaired) electrons. The molecule has 2 aromatic carbocycles. The van der Waals surface area contributed by atoms with E-state index in [1.54, 1.807) is 7.11 Å². The Labute approximate surface area is 198 Å². The van der Waals surface area contributed by atoms with Crippen molar-refractivity contribution in [1.82, 2.24) is 30.1 Å². The number of rotatable bonds is 6. The van der Waals surface area contributed by atoms with Gasteiger partial charge in [0, 0.05) is 17.6 Å². The molecule has 0 bridgehead atoms. The summed E-state index contributed by atoms with van der Waals surface area (Å²) in [6, 6.07) is 15.6. The van der Waals surface area contributed by atoms with Crippen molar-refractivity contribution in [2.24, 2.45) is 5.92 Å². The molecule has 0 amide bonds. The first-order valence-electron chi connectivity index (χ1n) is 11.8. The molecule has 1 aliphatic heterocycles. The lowest BCUT2D eigenvalue weighted by atomic mass is 9.95. The normalized spacial score (nSPS) is 17.7. The quantitative estimate of drug-likeness (QED) is 0.474. The molecular weight excluding hydrogens is 428 g/mol. The van der Waals surface area contributed by atoms with Crippen molar-refractivity contribution >= 4 is 10.9 Å². The Bertz CT molecular complexity index is 1340. The van der Waals surface area contributed by atoms with Crippen LogP contribution in [0.2, 0.25) is 0 Å². The standard InChI is InChI=1S/C26H30N6O2/c1-17-6-11-23-20(13-17)14-22(26(33)27-23)24(31-12-4-5-18(2)15-31)25-28-29-30-32(25)16-19-7-9-21(34-3)10-8-19/h6-11,13-14,18,24H,4-5,12,15-16H2,1-3H3,(H,27,33)/t18-,24+/m1/s1. The van der Waals surface area contributed by atoms with Gasteiger partial charge in [-0.25, -0.2) is 4.68 Å². The van der Waals surface area contributed by atoms with Crippen LogP contribution in [-0.4, -0.2) is 50.3 Å². The highest BCUT2D eigenvalue weighted by atomic mass is 16.5. The molecule has 5 rings (SSSR count). The predicted octanol–water partition coefficient (Wildman–Crippen LogP) is 3.70. The molecule has 4 aromatic rings. The lowest BCUT2D eigenvalue weighted by Crippen LogP contribution is -2.41. The fourth-order valence-electron chi connectivity index (χ4n) is 4.93. The third-order valence-corrected chi connectivity index (χ3v) is 6.67. The molecule has 34 heavy (non-hydrogen) atoms. The summed E-state index contributed by atoms with van der Waals surface area (Å²) in [6.45, 7) is 6.62. The summed E-state index contributed by atoms with van der Waals surface area (Å²) in [5.41, 5.74) is 3.63. The highest BCUT2D eigenvalue weighted by Gasteiger charge is 2.32. The van der Waals surface area contributed by atoms with E-state index in [0.29, 0.717) is 23.9 Å². The number of nitrogens with one attached hydrogen (secondary N) is 1. The van der Waals surface area contributed by atoms with E-state index < -0.39 is 0 Å². The van der Waals surface area contributed by atoms with Crippen LogP contribution in [-0.2, 0) is 6.54 Å². The van der Waals surface area contributed by atoms with Gasteiger partial charge in [0.1, 0.15) is 11.8 Å². The second-order valence-electron chi connectivity index (χ2n) is 9.33. The molecule has 0 aliphatic carbocycles. The van der Waals surface area contributed by atoms with Crippen LogP contribution >= 0.6 is 0 Å². The molecule has 8 nitrogen and oxygen atoms in total. The lowest BCUT2D eigenvalue weighted by Gasteiger charge is -2.36. The minimum Gasteiger partial charge on any atom is -0.497 e. The van der Waals surface area contributed by atoms with E-state index in [-0.39, 0.29) is 11.6 Å². The number of aryl methyl sites for hydroxylation is 1. The molecular formula is C26H30N6O2. The number of benzene rings is 2. The third kappa shape index (κ3) is 4.46. The van der Waals surface area contributed by atoms with E-state index in [1.807, 2.05) is 47.1 Å². The largest absolute Gasteiger partial charge is 0.497 e. The van der Waals surface area contributed by atoms with Gasteiger partial charge < -0.3 is 9.72 Å². The number of fused-ring (bicyclic) bond motifs is 1. The van der Waals surface area contributed by atoms with Crippen molar-refractivity contribution in [3.8, 4) is 5.75 Å². The fraction of sp³-hybridized carbons (Fsp3) is 0.385. The maximum atomic E-state index is 13.3. The van der Waals surface area contributed by atoms with E-state index in [9.17, 15) is 4.79 Å². The van der Waals surface area contributed by atoms with Crippen molar-refractivity contribution in [2.45, 2.75) is 39.3 Å². The van der Waals surface area contributed by atoms with Crippen molar-refractivity contribution in [3.63, 3.8) is 0 Å². The second-order valence-corrected chi connectivity index (χ2v) is 9.33. The van der Waals surface area contributed by atoms with Crippen LogP contribution in [0.15, 0.2) is 53.3 Å². The number of likely N-dealkylation sites (tertiary alicyclic amines) is 1. The average Bonchev–Trinajstić information content (AvgIpc) is 3.28. The number of aromatic amines is 1. The number of hydrogen-bond acceptors (Lipinski definition) is 6. The highest BCUT2D eigenvalue weighted by molar-refractivity contribution is 5.79. The fourth-order valence-corrected chi connectivity index (χ4v) is 4.93. The molecule has 1 fully saturated rings. The van der Waals surface area contributed by atoms with E-state index >= 15 is 0 Å². The van der Waals surface area contributed by atoms with Crippen LogP contribution in [0.4, 0.5) is 0 Å². The zero-order valence-electron chi connectivity index (χ0n) is 19.9. The average molecular weight is 459 g/mol. The zero-order valence-corrected chi connectivity index (χ0v) is 19.9. The summed E-state index contributed by atoms with van der Waals surface area (Å²) in [6.07, 6.45) is 2.27. The summed E-state index contributed by atoms with van der Waals surface area (Å²) in [4.78, 5) is 18.8. The smallest absolute Gasteiger partial charge is 0.253 e. The molecule has 3 heterocycles. The molecule has 0 saturated carbocycles. The molecule has 0 unspecified atom stereocenters. The topological polar surface area (TPSA) is 88.9 Å². The maximum absolute atomic E-state index is 13.3. The number of tetrazole rings is 1. The number of aromatic nitrogens is 5. The van der Waals surface area contributed by atoms with Crippen LogP contribution in [0.1, 0.15) is 48.3 Å². The van der Waals surface area contributed by atoms with Gasteiger partial charge in [-0.1, -0.05) is 30.7 Å². The first kappa shape index (κ1) is 22.3. The first-order valence-corrected chi connectivity index (χ1v) is 11.8. The summed E-state index contributed by atoms with van der Waals surface area (Å²) >= 11 is 0. The predicted molar refractivity (Wildman–Crippen MR) is 131 cm³/mol. The van der Waals surface area contributed by atoms with E-state index in [4.69, 9.17) is 4.74 Å². The van der Waals surface area contributed by atoms with Crippen LogP contribution in [0, 0.1) is 12.8 Å². The Balaban J connectivity index is 1.59. The van der Waals surface area contributed by atoms with Gasteiger partial charge in [0.2, 0.25) is 0 Å². The molecule has 176 valence electrons. The van der Waals surface area contributed by atoms with Gasteiger partial charge in [0.05, 0.1) is 13.7 Å². The van der Waals surface area contributed by atoms with E-state index in [0.717, 1.165) is 47.3 Å². The number of methoxy groups -OCH3 is 1. The minimum absolute atomic E-state index is 0.0985. The summed E-state index contributed by atoms with van der Waals surface area (Å²) in [5, 5.41) is 13.8. The van der Waals surface area contributed by atoms with E-state index in [2.05, 4.69) is 45.3 Å². The number of H-pyrrole nitrogens is 1. The highest BCUT2D eigenvalue weighted by Crippen LogP contribution is 2.31. The number of piperidine rings is 1. The summed E-state index contributed by atoms with van der Waals surface area (Å²) < 4.78 is 7.09. The van der Waals surface area contributed by atoms with Crippen molar-refractivity contribution in [1.29, 1.82) is 0 Å². The van der Waals surface area contributed by atoms with Gasteiger partial charge in [-0.3, -0.25) is 9.69 Å². The molecule has 8 heteroatoms. The second kappa shape index (κ2) is 9.38. The molecule has 2 atom stereocenters. The van der Waals surface area contributed by atoms with Crippen LogP contribution in [0.5, 0.6) is 5.75 Å². The van der Waals surface area contributed by atoms with Crippen LogP contribution in [0.25, 0.3) is 10.9 Å². The Hall–Kier alpha value is -3.52. The van der Waals surface area contributed by atoms with Crippen LogP contribution in [0.3, 0.4) is 0 Å². The summed E-state index contributed by atoms with van der Waals surface area (Å²) in [5.74, 6) is 2.03. The lowest BCUT2D eigenvalue weighted by molar-refractivity contribution is 0.141. The van der Waals surface area contributed by atoms with Gasteiger partial charge in [0.25, 0.3) is 5.56 Å². The number of nitrogens with zero attached hydrogens (tertiary/aromatic N) is 5. The van der Waals surface area contributed by atoms with Gasteiger partial charge >= 0.3 is 0 Å². The van der Waals surface area contributed by atoms with Gasteiger partial charge in [-0.05, 0) is 83.9 Å². The monoisotopic (exact) mass is 458 g/mol. The SMILES string of the molecule is COc1ccc(Cn2nnnc2[C@H](c2cc3cc(C)ccc3[nH]c2=O)N2CCC[C@@H](C)C2)cc1. The number of hydrogen-bond donors (Lipinski definition) is 1. The van der Waals surface area contributed by atoms with Crippen LogP contribution < -0.4 is 10.3 Å². The minimum atomic E-state index is -0.329. The Kier molecular flexibility index (Phi) is 6.15. The van der Waals surface area contributed by atoms with Crippen molar-refractivity contribution < 1.29 is 4.74 Å². The molecule has 2 aromatic heterocycles. The number of ether oxygens (including phenoxy) is 1. The summed E-state index contributed by atoms with van der Waals surface area (Å²) in [7, 11) is 1.65. The zero-order chi connectivity index (χ0) is 23.7. The Morgan fingerprint density at radius 3 is 2.76 bits per heavy atom. The maximum Gasteiger partial charge on any atom is 0.253 e. The van der Waals surface area contributed by atoms with Crippen molar-refractivity contribution in [3.05, 3.63) is 81.4 Å². The molecule has 0 spiro atoms. The Morgan fingerprint density at radius 1 is 1.18 bits per heavy atom. The first-order chi connectivity index (χ1) is 16.5. The number of pyridine rings is 1. The van der Waals surface area contributed by atoms with Gasteiger partial charge in [-0.2, -0.15) is 0 Å².